The summed E-state index contributed by atoms with van der Waals surface area (Å²) in [6.45, 7) is 5.91. The molecule has 1 N–H and O–H groups in total. The minimum atomic E-state index is -0.568. The maximum absolute atomic E-state index is 12.6. The van der Waals surface area contributed by atoms with Crippen LogP contribution in [-0.2, 0) is 14.3 Å². The molecule has 0 aromatic heterocycles. The summed E-state index contributed by atoms with van der Waals surface area (Å²) < 4.78 is 5.34. The van der Waals surface area contributed by atoms with Gasteiger partial charge in [-0.25, -0.2) is 0 Å². The SMILES string of the molecule is CC(=O)C1=C(O)C(=O)N(CCCN2CCOCC2)[C@@H]1c1ccc(Cl)cc1. The molecule has 0 saturated carbocycles. The zero-order chi connectivity index (χ0) is 18.7. The van der Waals surface area contributed by atoms with Crippen molar-refractivity contribution in [3.63, 3.8) is 0 Å². The quantitative estimate of drug-likeness (QED) is 0.822. The van der Waals surface area contributed by atoms with Gasteiger partial charge in [-0.1, -0.05) is 23.7 Å². The van der Waals surface area contributed by atoms with Crippen LogP contribution in [0.1, 0.15) is 24.9 Å². The predicted molar refractivity (Wildman–Crippen MR) is 98.1 cm³/mol. The van der Waals surface area contributed by atoms with Crippen LogP contribution in [0, 0.1) is 0 Å². The Kier molecular flexibility index (Phi) is 5.96. The van der Waals surface area contributed by atoms with Crippen molar-refractivity contribution in [1.29, 1.82) is 0 Å². The molecule has 1 atom stereocenters. The highest BCUT2D eigenvalue weighted by molar-refractivity contribution is 6.30. The summed E-state index contributed by atoms with van der Waals surface area (Å²) >= 11 is 5.96. The van der Waals surface area contributed by atoms with E-state index in [1.807, 2.05) is 0 Å². The number of benzene rings is 1. The number of carbonyl (C=O) groups excluding carboxylic acids is 2. The number of morpholine rings is 1. The maximum atomic E-state index is 12.6. The standard InChI is InChI=1S/C19H23ClN2O4/c1-13(23)16-17(14-3-5-15(20)6-4-14)22(19(25)18(16)24)8-2-7-21-9-11-26-12-10-21/h3-6,17,24H,2,7-12H2,1H3/t17-/m1/s1. The first-order valence-corrected chi connectivity index (χ1v) is 9.17. The van der Waals surface area contributed by atoms with Crippen LogP contribution in [0.25, 0.3) is 0 Å². The summed E-state index contributed by atoms with van der Waals surface area (Å²) in [6, 6.07) is 6.45. The van der Waals surface area contributed by atoms with E-state index in [0.717, 1.165) is 44.8 Å². The van der Waals surface area contributed by atoms with Crippen molar-refractivity contribution in [3.8, 4) is 0 Å². The summed E-state index contributed by atoms with van der Waals surface area (Å²) in [5.74, 6) is -1.23. The lowest BCUT2D eigenvalue weighted by Gasteiger charge is -2.29. The minimum Gasteiger partial charge on any atom is -0.503 e. The van der Waals surface area contributed by atoms with E-state index < -0.39 is 17.7 Å². The first-order chi connectivity index (χ1) is 12.5. The molecule has 0 radical (unpaired) electrons. The molecule has 1 aromatic carbocycles. The van der Waals surface area contributed by atoms with E-state index in [9.17, 15) is 14.7 Å². The largest absolute Gasteiger partial charge is 0.503 e. The van der Waals surface area contributed by atoms with E-state index in [2.05, 4.69) is 4.90 Å². The molecule has 1 aromatic rings. The van der Waals surface area contributed by atoms with Gasteiger partial charge in [0.2, 0.25) is 0 Å². The van der Waals surface area contributed by atoms with Crippen molar-refractivity contribution in [2.24, 2.45) is 0 Å². The Morgan fingerprint density at radius 1 is 1.23 bits per heavy atom. The average molecular weight is 379 g/mol. The van der Waals surface area contributed by atoms with Crippen molar-refractivity contribution in [2.75, 3.05) is 39.4 Å². The van der Waals surface area contributed by atoms with Crippen LogP contribution in [-0.4, -0.2) is 66.0 Å². The highest BCUT2D eigenvalue weighted by Gasteiger charge is 2.41. The fraction of sp³-hybridized carbons (Fsp3) is 0.474. The molecular weight excluding hydrogens is 356 g/mol. The minimum absolute atomic E-state index is 0.156. The number of halogens is 1. The van der Waals surface area contributed by atoms with Crippen molar-refractivity contribution in [3.05, 3.63) is 46.2 Å². The second kappa shape index (κ2) is 8.20. The number of rotatable bonds is 6. The molecule has 6 nitrogen and oxygen atoms in total. The molecule has 26 heavy (non-hydrogen) atoms. The molecule has 0 spiro atoms. The smallest absolute Gasteiger partial charge is 0.290 e. The topological polar surface area (TPSA) is 70.1 Å². The van der Waals surface area contributed by atoms with Crippen LogP contribution in [0.3, 0.4) is 0 Å². The summed E-state index contributed by atoms with van der Waals surface area (Å²) in [6.07, 6.45) is 0.758. The van der Waals surface area contributed by atoms with Gasteiger partial charge in [-0.05, 0) is 31.0 Å². The molecule has 1 amide bonds. The van der Waals surface area contributed by atoms with Gasteiger partial charge in [0, 0.05) is 31.2 Å². The third kappa shape index (κ3) is 3.92. The average Bonchev–Trinajstić information content (AvgIpc) is 2.88. The molecule has 0 bridgehead atoms. The van der Waals surface area contributed by atoms with Crippen molar-refractivity contribution >= 4 is 23.3 Å². The van der Waals surface area contributed by atoms with Gasteiger partial charge in [-0.2, -0.15) is 0 Å². The molecule has 0 unspecified atom stereocenters. The lowest BCUT2D eigenvalue weighted by atomic mass is 9.97. The van der Waals surface area contributed by atoms with Crippen LogP contribution in [0.5, 0.6) is 0 Å². The second-order valence-corrected chi connectivity index (χ2v) is 7.02. The summed E-state index contributed by atoms with van der Waals surface area (Å²) in [4.78, 5) is 28.5. The van der Waals surface area contributed by atoms with Gasteiger partial charge in [0.25, 0.3) is 5.91 Å². The van der Waals surface area contributed by atoms with Crippen LogP contribution >= 0.6 is 11.6 Å². The Morgan fingerprint density at radius 2 is 1.88 bits per heavy atom. The van der Waals surface area contributed by atoms with Gasteiger partial charge in [-0.15, -0.1) is 0 Å². The van der Waals surface area contributed by atoms with Crippen molar-refractivity contribution < 1.29 is 19.4 Å². The molecule has 2 aliphatic heterocycles. The summed E-state index contributed by atoms with van der Waals surface area (Å²) in [7, 11) is 0. The van der Waals surface area contributed by atoms with Gasteiger partial charge in [0.15, 0.2) is 11.5 Å². The van der Waals surface area contributed by atoms with E-state index >= 15 is 0 Å². The molecule has 1 fully saturated rings. The van der Waals surface area contributed by atoms with E-state index in [0.29, 0.717) is 11.6 Å². The number of carbonyl (C=O) groups is 2. The molecule has 7 heteroatoms. The number of aliphatic hydroxyl groups is 1. The third-order valence-corrected chi connectivity index (χ3v) is 5.10. The van der Waals surface area contributed by atoms with Gasteiger partial charge in [0.05, 0.1) is 24.8 Å². The highest BCUT2D eigenvalue weighted by Crippen LogP contribution is 2.38. The lowest BCUT2D eigenvalue weighted by Crippen LogP contribution is -2.39. The third-order valence-electron chi connectivity index (χ3n) is 4.85. The van der Waals surface area contributed by atoms with Crippen LogP contribution in [0.2, 0.25) is 5.02 Å². The molecule has 2 aliphatic rings. The van der Waals surface area contributed by atoms with Crippen molar-refractivity contribution in [2.45, 2.75) is 19.4 Å². The fourth-order valence-corrected chi connectivity index (χ4v) is 3.65. The van der Waals surface area contributed by atoms with Gasteiger partial charge >= 0.3 is 0 Å². The summed E-state index contributed by atoms with van der Waals surface area (Å²) in [5.41, 5.74) is 0.923. The molecular formula is C19H23ClN2O4. The number of hydrogen-bond donors (Lipinski definition) is 1. The Labute approximate surface area is 158 Å². The van der Waals surface area contributed by atoms with Gasteiger partial charge in [0.1, 0.15) is 0 Å². The second-order valence-electron chi connectivity index (χ2n) is 6.58. The van der Waals surface area contributed by atoms with E-state index in [1.165, 1.54) is 6.92 Å². The molecule has 2 heterocycles. The van der Waals surface area contributed by atoms with E-state index in [-0.39, 0.29) is 11.4 Å². The first kappa shape index (κ1) is 18.9. The number of Topliss-reactive ketones (excluding diaryl/α,β-unsaturated/α-hetero) is 1. The van der Waals surface area contributed by atoms with Crippen LogP contribution in [0.15, 0.2) is 35.6 Å². The Hall–Kier alpha value is -1.89. The zero-order valence-corrected chi connectivity index (χ0v) is 15.5. The van der Waals surface area contributed by atoms with Gasteiger partial charge in [-0.3, -0.25) is 14.5 Å². The Morgan fingerprint density at radius 3 is 2.50 bits per heavy atom. The summed E-state index contributed by atoms with van der Waals surface area (Å²) in [5, 5.41) is 10.8. The molecule has 140 valence electrons. The Bertz CT molecular complexity index is 711. The van der Waals surface area contributed by atoms with Crippen molar-refractivity contribution in [1.82, 2.24) is 9.80 Å². The van der Waals surface area contributed by atoms with E-state index in [1.54, 1.807) is 29.2 Å². The monoisotopic (exact) mass is 378 g/mol. The molecule has 1 saturated heterocycles. The predicted octanol–water partition coefficient (Wildman–Crippen LogP) is 2.35. The van der Waals surface area contributed by atoms with Crippen LogP contribution in [0.4, 0.5) is 0 Å². The van der Waals surface area contributed by atoms with Gasteiger partial charge < -0.3 is 14.7 Å². The Balaban J connectivity index is 1.76. The first-order valence-electron chi connectivity index (χ1n) is 8.79. The van der Waals surface area contributed by atoms with Crippen LogP contribution < -0.4 is 0 Å². The fourth-order valence-electron chi connectivity index (χ4n) is 3.52. The number of ketones is 1. The maximum Gasteiger partial charge on any atom is 0.290 e. The number of aliphatic hydroxyl groups excluding tert-OH is 1. The zero-order valence-electron chi connectivity index (χ0n) is 14.8. The molecule has 3 rings (SSSR count). The highest BCUT2D eigenvalue weighted by atomic mass is 35.5. The molecule has 0 aliphatic carbocycles. The number of ether oxygens (including phenoxy) is 1. The van der Waals surface area contributed by atoms with E-state index in [4.69, 9.17) is 16.3 Å². The lowest BCUT2D eigenvalue weighted by molar-refractivity contribution is -0.129. The number of nitrogens with zero attached hydrogens (tertiary/aromatic N) is 2. The number of amides is 1. The number of hydrogen-bond acceptors (Lipinski definition) is 5. The normalized spacial score (nSPS) is 21.5.